The quantitative estimate of drug-likeness (QED) is 0.799. The van der Waals surface area contributed by atoms with Gasteiger partial charge in [0.25, 0.3) is 0 Å². The van der Waals surface area contributed by atoms with Crippen molar-refractivity contribution in [2.45, 2.75) is 25.7 Å². The molecular formula is C11H16N4O. The van der Waals surface area contributed by atoms with E-state index in [2.05, 4.69) is 9.97 Å². The molecule has 1 aliphatic heterocycles. The predicted octanol–water partition coefficient (Wildman–Crippen LogP) is 0.785. The van der Waals surface area contributed by atoms with Crippen molar-refractivity contribution in [3.63, 3.8) is 0 Å². The lowest BCUT2D eigenvalue weighted by Gasteiger charge is -2.15. The van der Waals surface area contributed by atoms with Gasteiger partial charge in [-0.25, -0.2) is 9.97 Å². The minimum absolute atomic E-state index is 0.213. The predicted molar refractivity (Wildman–Crippen MR) is 60.7 cm³/mol. The third-order valence-electron chi connectivity index (χ3n) is 2.96. The van der Waals surface area contributed by atoms with E-state index in [9.17, 15) is 4.79 Å². The maximum Gasteiger partial charge on any atom is 0.222 e. The standard InChI is InChI=1S/C11H16N4O/c1-2-10(16)15-6-4-8(7-15)9-3-5-13-11(12)14-9/h3,5,8H,2,4,6-7H2,1H3,(H2,12,13,14)/t8-/m0/s1. The minimum atomic E-state index is 0.213. The number of anilines is 1. The zero-order valence-electron chi connectivity index (χ0n) is 9.39. The van der Waals surface area contributed by atoms with Gasteiger partial charge in [0.05, 0.1) is 5.69 Å². The molecule has 5 heteroatoms. The Labute approximate surface area is 94.7 Å². The van der Waals surface area contributed by atoms with Crippen molar-refractivity contribution >= 4 is 11.9 Å². The van der Waals surface area contributed by atoms with Gasteiger partial charge in [-0.15, -0.1) is 0 Å². The SMILES string of the molecule is CCC(=O)N1CC[C@H](c2ccnc(N)n2)C1. The average Bonchev–Trinajstić information content (AvgIpc) is 2.77. The number of aromatic nitrogens is 2. The van der Waals surface area contributed by atoms with Crippen LogP contribution in [0.15, 0.2) is 12.3 Å². The van der Waals surface area contributed by atoms with Gasteiger partial charge in [0.1, 0.15) is 0 Å². The number of carbonyl (C=O) groups excluding carboxylic acids is 1. The van der Waals surface area contributed by atoms with Crippen LogP contribution in [0.1, 0.15) is 31.4 Å². The van der Waals surface area contributed by atoms with Crippen molar-refractivity contribution in [1.29, 1.82) is 0 Å². The van der Waals surface area contributed by atoms with Crippen LogP contribution in [0.2, 0.25) is 0 Å². The van der Waals surface area contributed by atoms with E-state index in [-0.39, 0.29) is 5.91 Å². The van der Waals surface area contributed by atoms with Gasteiger partial charge in [-0.2, -0.15) is 0 Å². The fraction of sp³-hybridized carbons (Fsp3) is 0.545. The molecule has 1 aromatic heterocycles. The smallest absolute Gasteiger partial charge is 0.222 e. The van der Waals surface area contributed by atoms with Crippen LogP contribution in [0.4, 0.5) is 5.95 Å². The number of nitrogens with two attached hydrogens (primary N) is 1. The first kappa shape index (κ1) is 10.9. The number of carbonyl (C=O) groups is 1. The fourth-order valence-corrected chi connectivity index (χ4v) is 2.07. The summed E-state index contributed by atoms with van der Waals surface area (Å²) in [5, 5.41) is 0. The van der Waals surface area contributed by atoms with E-state index < -0.39 is 0 Å². The molecule has 1 fully saturated rings. The Balaban J connectivity index is 2.06. The Morgan fingerprint density at radius 1 is 1.69 bits per heavy atom. The molecule has 0 bridgehead atoms. The van der Waals surface area contributed by atoms with Gasteiger partial charge >= 0.3 is 0 Å². The van der Waals surface area contributed by atoms with E-state index in [1.165, 1.54) is 0 Å². The Hall–Kier alpha value is -1.65. The van der Waals surface area contributed by atoms with Gasteiger partial charge in [-0.3, -0.25) is 4.79 Å². The van der Waals surface area contributed by atoms with E-state index >= 15 is 0 Å². The molecule has 0 spiro atoms. The van der Waals surface area contributed by atoms with Gasteiger partial charge in [0.15, 0.2) is 0 Å². The normalized spacial score (nSPS) is 20.1. The molecule has 2 rings (SSSR count). The topological polar surface area (TPSA) is 72.1 Å². The second kappa shape index (κ2) is 4.47. The van der Waals surface area contributed by atoms with Crippen LogP contribution in [0, 0.1) is 0 Å². The second-order valence-electron chi connectivity index (χ2n) is 4.02. The first-order chi connectivity index (χ1) is 7.70. The molecule has 0 radical (unpaired) electrons. The van der Waals surface area contributed by atoms with E-state index in [0.29, 0.717) is 18.3 Å². The molecule has 1 aliphatic rings. The molecule has 1 atom stereocenters. The van der Waals surface area contributed by atoms with E-state index in [1.54, 1.807) is 6.20 Å². The summed E-state index contributed by atoms with van der Waals surface area (Å²) in [6, 6.07) is 1.88. The summed E-state index contributed by atoms with van der Waals surface area (Å²) >= 11 is 0. The van der Waals surface area contributed by atoms with Crippen molar-refractivity contribution in [2.75, 3.05) is 18.8 Å². The zero-order valence-corrected chi connectivity index (χ0v) is 9.39. The van der Waals surface area contributed by atoms with E-state index in [1.807, 2.05) is 17.9 Å². The van der Waals surface area contributed by atoms with Crippen LogP contribution in [-0.4, -0.2) is 33.9 Å². The lowest BCUT2D eigenvalue weighted by Crippen LogP contribution is -2.27. The summed E-state index contributed by atoms with van der Waals surface area (Å²) in [6.07, 6.45) is 3.20. The molecule has 0 saturated carbocycles. The molecule has 0 unspecified atom stereocenters. The largest absolute Gasteiger partial charge is 0.368 e. The molecular weight excluding hydrogens is 204 g/mol. The zero-order chi connectivity index (χ0) is 11.5. The summed E-state index contributed by atoms with van der Waals surface area (Å²) in [5.41, 5.74) is 6.49. The van der Waals surface area contributed by atoms with Crippen molar-refractivity contribution < 1.29 is 4.79 Å². The summed E-state index contributed by atoms with van der Waals surface area (Å²) in [4.78, 5) is 21.5. The summed E-state index contributed by atoms with van der Waals surface area (Å²) in [6.45, 7) is 3.46. The maximum absolute atomic E-state index is 11.5. The van der Waals surface area contributed by atoms with Crippen molar-refractivity contribution in [3.8, 4) is 0 Å². The van der Waals surface area contributed by atoms with E-state index in [0.717, 1.165) is 25.2 Å². The van der Waals surface area contributed by atoms with Crippen molar-refractivity contribution in [2.24, 2.45) is 0 Å². The van der Waals surface area contributed by atoms with Crippen LogP contribution in [0.25, 0.3) is 0 Å². The van der Waals surface area contributed by atoms with Crippen LogP contribution in [0.3, 0.4) is 0 Å². The number of hydrogen-bond donors (Lipinski definition) is 1. The first-order valence-electron chi connectivity index (χ1n) is 5.57. The molecule has 1 aromatic rings. The maximum atomic E-state index is 11.5. The van der Waals surface area contributed by atoms with Gasteiger partial charge in [-0.05, 0) is 12.5 Å². The Bertz CT molecular complexity index is 393. The highest BCUT2D eigenvalue weighted by Gasteiger charge is 2.27. The van der Waals surface area contributed by atoms with Crippen LogP contribution in [0.5, 0.6) is 0 Å². The number of nitrogens with zero attached hydrogens (tertiary/aromatic N) is 3. The molecule has 5 nitrogen and oxygen atoms in total. The van der Waals surface area contributed by atoms with Gasteiger partial charge in [0.2, 0.25) is 11.9 Å². The van der Waals surface area contributed by atoms with Crippen LogP contribution >= 0.6 is 0 Å². The van der Waals surface area contributed by atoms with Crippen molar-refractivity contribution in [1.82, 2.24) is 14.9 Å². The molecule has 0 aliphatic carbocycles. The molecule has 16 heavy (non-hydrogen) atoms. The number of hydrogen-bond acceptors (Lipinski definition) is 4. The third-order valence-corrected chi connectivity index (χ3v) is 2.96. The average molecular weight is 220 g/mol. The molecule has 2 N–H and O–H groups in total. The molecule has 2 heterocycles. The highest BCUT2D eigenvalue weighted by molar-refractivity contribution is 5.76. The molecule has 86 valence electrons. The third kappa shape index (κ3) is 2.13. The number of likely N-dealkylation sites (tertiary alicyclic amines) is 1. The van der Waals surface area contributed by atoms with Gasteiger partial charge in [0, 0.05) is 31.6 Å². The lowest BCUT2D eigenvalue weighted by atomic mass is 10.1. The van der Waals surface area contributed by atoms with Gasteiger partial charge in [-0.1, -0.05) is 6.92 Å². The number of nitrogen functional groups attached to an aromatic ring is 1. The second-order valence-corrected chi connectivity index (χ2v) is 4.02. The highest BCUT2D eigenvalue weighted by atomic mass is 16.2. The van der Waals surface area contributed by atoms with Gasteiger partial charge < -0.3 is 10.6 Å². The molecule has 1 saturated heterocycles. The summed E-state index contributed by atoms with van der Waals surface area (Å²) < 4.78 is 0. The van der Waals surface area contributed by atoms with Crippen LogP contribution < -0.4 is 5.73 Å². The fourth-order valence-electron chi connectivity index (χ4n) is 2.07. The first-order valence-corrected chi connectivity index (χ1v) is 5.57. The lowest BCUT2D eigenvalue weighted by molar-refractivity contribution is -0.129. The molecule has 0 aromatic carbocycles. The summed E-state index contributed by atoms with van der Waals surface area (Å²) in [7, 11) is 0. The Morgan fingerprint density at radius 2 is 2.50 bits per heavy atom. The highest BCUT2D eigenvalue weighted by Crippen LogP contribution is 2.26. The van der Waals surface area contributed by atoms with E-state index in [4.69, 9.17) is 5.73 Å². The Morgan fingerprint density at radius 3 is 3.19 bits per heavy atom. The number of rotatable bonds is 2. The molecule has 1 amide bonds. The summed E-state index contributed by atoms with van der Waals surface area (Å²) in [5.74, 6) is 0.822. The number of amides is 1. The van der Waals surface area contributed by atoms with Crippen LogP contribution in [-0.2, 0) is 4.79 Å². The van der Waals surface area contributed by atoms with Crippen molar-refractivity contribution in [3.05, 3.63) is 18.0 Å². The Kier molecular flexibility index (Phi) is 3.03. The monoisotopic (exact) mass is 220 g/mol. The minimum Gasteiger partial charge on any atom is -0.368 e.